The van der Waals surface area contributed by atoms with Gasteiger partial charge < -0.3 is 19.4 Å². The van der Waals surface area contributed by atoms with Crippen molar-refractivity contribution in [3.63, 3.8) is 0 Å². The lowest BCUT2D eigenvalue weighted by Gasteiger charge is -2.36. The lowest BCUT2D eigenvalue weighted by Crippen LogP contribution is -2.47. The standard InChI is InChI=1S/C19H27N7O/c1-15-22-17(24-6-4-3-5-7-24)12-18(23-15)25-8-10-26(11-9-25)19-20-13-16(27-2)14-21-19/h12-14H,3-11H2,1-2H3. The molecule has 4 rings (SSSR count). The van der Waals surface area contributed by atoms with Crippen LogP contribution in [0.2, 0.25) is 0 Å². The second-order valence-corrected chi connectivity index (χ2v) is 7.08. The summed E-state index contributed by atoms with van der Waals surface area (Å²) in [6.07, 6.45) is 7.25. The molecule has 0 aliphatic carbocycles. The molecule has 2 saturated heterocycles. The summed E-state index contributed by atoms with van der Waals surface area (Å²) in [4.78, 5) is 25.1. The highest BCUT2D eigenvalue weighted by molar-refractivity contribution is 5.52. The molecule has 0 radical (unpaired) electrons. The van der Waals surface area contributed by atoms with Gasteiger partial charge in [0.15, 0.2) is 5.75 Å². The van der Waals surface area contributed by atoms with Crippen LogP contribution in [0, 0.1) is 6.92 Å². The molecule has 0 aromatic carbocycles. The Balaban J connectivity index is 1.43. The van der Waals surface area contributed by atoms with E-state index in [1.807, 2.05) is 6.92 Å². The van der Waals surface area contributed by atoms with Gasteiger partial charge in [0, 0.05) is 45.3 Å². The number of anilines is 3. The predicted octanol–water partition coefficient (Wildman–Crippen LogP) is 1.90. The Morgan fingerprint density at radius 1 is 0.778 bits per heavy atom. The molecule has 0 amide bonds. The van der Waals surface area contributed by atoms with Crippen LogP contribution in [0.3, 0.4) is 0 Å². The molecule has 0 unspecified atom stereocenters. The Bertz CT molecular complexity index is 753. The molecule has 0 bridgehead atoms. The number of hydrogen-bond acceptors (Lipinski definition) is 8. The fourth-order valence-electron chi connectivity index (χ4n) is 3.70. The van der Waals surface area contributed by atoms with Gasteiger partial charge in [0.25, 0.3) is 0 Å². The molecule has 0 spiro atoms. The molecule has 2 aromatic rings. The Morgan fingerprint density at radius 2 is 1.33 bits per heavy atom. The van der Waals surface area contributed by atoms with Crippen molar-refractivity contribution in [1.82, 2.24) is 19.9 Å². The quantitative estimate of drug-likeness (QED) is 0.809. The average molecular weight is 369 g/mol. The van der Waals surface area contributed by atoms with Crippen LogP contribution in [-0.4, -0.2) is 66.3 Å². The van der Waals surface area contributed by atoms with Gasteiger partial charge in [0.1, 0.15) is 17.5 Å². The lowest BCUT2D eigenvalue weighted by atomic mass is 10.1. The third-order valence-electron chi connectivity index (χ3n) is 5.23. The Hall–Kier alpha value is -2.64. The highest BCUT2D eigenvalue weighted by Gasteiger charge is 2.22. The number of methoxy groups -OCH3 is 1. The van der Waals surface area contributed by atoms with Crippen molar-refractivity contribution in [3.8, 4) is 5.75 Å². The zero-order chi connectivity index (χ0) is 18.6. The summed E-state index contributed by atoms with van der Waals surface area (Å²) in [6, 6.07) is 2.15. The van der Waals surface area contributed by atoms with E-state index in [4.69, 9.17) is 9.72 Å². The smallest absolute Gasteiger partial charge is 0.225 e. The topological polar surface area (TPSA) is 70.5 Å². The van der Waals surface area contributed by atoms with Crippen molar-refractivity contribution in [1.29, 1.82) is 0 Å². The molecule has 8 heteroatoms. The van der Waals surface area contributed by atoms with E-state index in [1.165, 1.54) is 19.3 Å². The van der Waals surface area contributed by atoms with Crippen LogP contribution < -0.4 is 19.4 Å². The highest BCUT2D eigenvalue weighted by atomic mass is 16.5. The molecule has 27 heavy (non-hydrogen) atoms. The SMILES string of the molecule is COc1cnc(N2CCN(c3cc(N4CCCCC4)nc(C)n3)CC2)nc1. The highest BCUT2D eigenvalue weighted by Crippen LogP contribution is 2.24. The van der Waals surface area contributed by atoms with Gasteiger partial charge in [-0.1, -0.05) is 0 Å². The first kappa shape index (κ1) is 17.8. The summed E-state index contributed by atoms with van der Waals surface area (Å²) >= 11 is 0. The van der Waals surface area contributed by atoms with Crippen LogP contribution in [0.1, 0.15) is 25.1 Å². The van der Waals surface area contributed by atoms with Crippen molar-refractivity contribution in [2.24, 2.45) is 0 Å². The van der Waals surface area contributed by atoms with Gasteiger partial charge in [-0.15, -0.1) is 0 Å². The van der Waals surface area contributed by atoms with Crippen LogP contribution in [-0.2, 0) is 0 Å². The summed E-state index contributed by atoms with van der Waals surface area (Å²) in [5, 5.41) is 0. The maximum atomic E-state index is 5.13. The molecule has 0 saturated carbocycles. The number of hydrogen-bond donors (Lipinski definition) is 0. The third-order valence-corrected chi connectivity index (χ3v) is 5.23. The van der Waals surface area contributed by atoms with Gasteiger partial charge in [-0.3, -0.25) is 0 Å². The molecule has 0 atom stereocenters. The van der Waals surface area contributed by atoms with Crippen molar-refractivity contribution in [3.05, 3.63) is 24.3 Å². The number of aryl methyl sites for hydroxylation is 1. The summed E-state index contributed by atoms with van der Waals surface area (Å²) < 4.78 is 5.13. The summed E-state index contributed by atoms with van der Waals surface area (Å²) in [7, 11) is 1.62. The summed E-state index contributed by atoms with van der Waals surface area (Å²) in [6.45, 7) is 7.70. The van der Waals surface area contributed by atoms with Gasteiger partial charge in [-0.2, -0.15) is 0 Å². The van der Waals surface area contributed by atoms with Crippen LogP contribution >= 0.6 is 0 Å². The largest absolute Gasteiger partial charge is 0.494 e. The van der Waals surface area contributed by atoms with Crippen LogP contribution in [0.5, 0.6) is 5.75 Å². The summed E-state index contributed by atoms with van der Waals surface area (Å²) in [5.74, 6) is 4.37. The van der Waals surface area contributed by atoms with E-state index in [2.05, 4.69) is 35.7 Å². The maximum Gasteiger partial charge on any atom is 0.225 e. The van der Waals surface area contributed by atoms with Gasteiger partial charge in [-0.05, 0) is 26.2 Å². The van der Waals surface area contributed by atoms with E-state index in [9.17, 15) is 0 Å². The predicted molar refractivity (Wildman–Crippen MR) is 106 cm³/mol. The zero-order valence-corrected chi connectivity index (χ0v) is 16.1. The number of piperazine rings is 1. The van der Waals surface area contributed by atoms with Crippen LogP contribution in [0.4, 0.5) is 17.6 Å². The van der Waals surface area contributed by atoms with E-state index < -0.39 is 0 Å². The van der Waals surface area contributed by atoms with Crippen molar-refractivity contribution in [2.45, 2.75) is 26.2 Å². The summed E-state index contributed by atoms with van der Waals surface area (Å²) in [5.41, 5.74) is 0. The molecule has 2 aromatic heterocycles. The molecule has 2 aliphatic heterocycles. The Labute approximate surface area is 160 Å². The van der Waals surface area contributed by atoms with E-state index in [1.54, 1.807) is 19.5 Å². The first-order chi connectivity index (χ1) is 13.2. The van der Waals surface area contributed by atoms with Gasteiger partial charge >= 0.3 is 0 Å². The van der Waals surface area contributed by atoms with E-state index >= 15 is 0 Å². The molecule has 2 aliphatic rings. The second-order valence-electron chi connectivity index (χ2n) is 7.08. The van der Waals surface area contributed by atoms with Gasteiger partial charge in [0.05, 0.1) is 19.5 Å². The molecule has 8 nitrogen and oxygen atoms in total. The van der Waals surface area contributed by atoms with E-state index in [0.29, 0.717) is 5.75 Å². The minimum Gasteiger partial charge on any atom is -0.494 e. The molecule has 144 valence electrons. The Kier molecular flexibility index (Phi) is 5.22. The minimum absolute atomic E-state index is 0.680. The van der Waals surface area contributed by atoms with Gasteiger partial charge in [-0.25, -0.2) is 19.9 Å². The number of piperidine rings is 1. The van der Waals surface area contributed by atoms with Crippen molar-refractivity contribution in [2.75, 3.05) is 61.1 Å². The first-order valence-corrected chi connectivity index (χ1v) is 9.69. The molecule has 2 fully saturated rings. The van der Waals surface area contributed by atoms with Crippen molar-refractivity contribution < 1.29 is 4.74 Å². The molecule has 4 heterocycles. The fraction of sp³-hybridized carbons (Fsp3) is 0.579. The van der Waals surface area contributed by atoms with Crippen LogP contribution in [0.15, 0.2) is 18.5 Å². The molecule has 0 N–H and O–H groups in total. The monoisotopic (exact) mass is 369 g/mol. The van der Waals surface area contributed by atoms with E-state index in [0.717, 1.165) is 62.7 Å². The van der Waals surface area contributed by atoms with Gasteiger partial charge in [0.2, 0.25) is 5.95 Å². The number of nitrogens with zero attached hydrogens (tertiary/aromatic N) is 7. The maximum absolute atomic E-state index is 5.13. The average Bonchev–Trinajstić information content (AvgIpc) is 2.74. The minimum atomic E-state index is 0.680. The number of rotatable bonds is 4. The third kappa shape index (κ3) is 4.04. The molecular formula is C19H27N7O. The van der Waals surface area contributed by atoms with Crippen molar-refractivity contribution >= 4 is 17.6 Å². The zero-order valence-electron chi connectivity index (χ0n) is 16.1. The van der Waals surface area contributed by atoms with Crippen LogP contribution in [0.25, 0.3) is 0 Å². The fourth-order valence-corrected chi connectivity index (χ4v) is 3.70. The first-order valence-electron chi connectivity index (χ1n) is 9.69. The lowest BCUT2D eigenvalue weighted by molar-refractivity contribution is 0.410. The second kappa shape index (κ2) is 7.94. The number of ether oxygens (including phenoxy) is 1. The van der Waals surface area contributed by atoms with E-state index in [-0.39, 0.29) is 0 Å². The number of aromatic nitrogens is 4. The molecular weight excluding hydrogens is 342 g/mol. The Morgan fingerprint density at radius 3 is 1.93 bits per heavy atom. The normalized spacial score (nSPS) is 17.9.